The summed E-state index contributed by atoms with van der Waals surface area (Å²) in [5, 5.41) is 17.5. The molecular weight excluding hydrogens is 369 g/mol. The number of benzene rings is 2. The third-order valence-electron chi connectivity index (χ3n) is 2.07. The van der Waals surface area contributed by atoms with E-state index >= 15 is 0 Å². The Kier molecular flexibility index (Phi) is 19.7. The van der Waals surface area contributed by atoms with Crippen molar-refractivity contribution in [3.8, 4) is 11.5 Å². The quantitative estimate of drug-likeness (QED) is 0.242. The first kappa shape index (κ1) is 30.7. The highest BCUT2D eigenvalue weighted by atomic mass is 32.9. The van der Waals surface area contributed by atoms with Gasteiger partial charge < -0.3 is 38.5 Å². The molecule has 0 bridgehead atoms. The molecule has 0 saturated heterocycles. The van der Waals surface area contributed by atoms with E-state index < -0.39 is 5.69 Å². The maximum atomic E-state index is 8.76. The number of hydrogen-bond acceptors (Lipinski definition) is 6. The van der Waals surface area contributed by atoms with Gasteiger partial charge in [0.2, 0.25) is 5.69 Å². The SMILES string of the molecule is Cc1ccc(O)cc1.Cc1ccc(O)cc1.N.N.N.OP(O)(=S)S. The Labute approximate surface area is 153 Å². The van der Waals surface area contributed by atoms with E-state index in [4.69, 9.17) is 20.0 Å². The van der Waals surface area contributed by atoms with Crippen LogP contribution in [-0.2, 0) is 11.8 Å². The van der Waals surface area contributed by atoms with Gasteiger partial charge in [0.1, 0.15) is 11.5 Å². The molecule has 0 amide bonds. The third kappa shape index (κ3) is 23.1. The fourth-order valence-electron chi connectivity index (χ4n) is 1.09. The molecule has 0 radical (unpaired) electrons. The van der Waals surface area contributed by atoms with Crippen molar-refractivity contribution in [3.63, 3.8) is 0 Å². The summed E-state index contributed by atoms with van der Waals surface area (Å²) < 4.78 is 0. The van der Waals surface area contributed by atoms with Gasteiger partial charge in [-0.25, -0.2) is 0 Å². The van der Waals surface area contributed by atoms with Crippen molar-refractivity contribution in [2.75, 3.05) is 0 Å². The molecular formula is C14H28N3O4PS2. The van der Waals surface area contributed by atoms with Gasteiger partial charge in [0, 0.05) is 0 Å². The topological polar surface area (TPSA) is 186 Å². The van der Waals surface area contributed by atoms with Crippen molar-refractivity contribution < 1.29 is 20.0 Å². The maximum Gasteiger partial charge on any atom is 0.239 e. The molecule has 10 heteroatoms. The van der Waals surface area contributed by atoms with Crippen LogP contribution in [0.2, 0.25) is 0 Å². The third-order valence-corrected chi connectivity index (χ3v) is 2.07. The van der Waals surface area contributed by atoms with Crippen LogP contribution in [-0.4, -0.2) is 20.0 Å². The minimum absolute atomic E-state index is 0. The van der Waals surface area contributed by atoms with E-state index in [-0.39, 0.29) is 18.5 Å². The number of phenolic OH excluding ortho intramolecular Hbond substituents is 2. The van der Waals surface area contributed by atoms with E-state index in [2.05, 4.69) is 24.1 Å². The number of aryl methyl sites for hydroxylation is 2. The lowest BCUT2D eigenvalue weighted by molar-refractivity contribution is 0.474. The number of hydrogen-bond donors (Lipinski definition) is 8. The fourth-order valence-corrected chi connectivity index (χ4v) is 1.09. The first-order valence-corrected chi connectivity index (χ1v) is 9.73. The van der Waals surface area contributed by atoms with Crippen LogP contribution >= 0.6 is 17.9 Å². The van der Waals surface area contributed by atoms with Crippen LogP contribution < -0.4 is 18.5 Å². The predicted octanol–water partition coefficient (Wildman–Crippen LogP) is 4.01. The fraction of sp³-hybridized carbons (Fsp3) is 0.143. The molecule has 140 valence electrons. The van der Waals surface area contributed by atoms with Crippen molar-refractivity contribution in [2.24, 2.45) is 0 Å². The second kappa shape index (κ2) is 15.4. The van der Waals surface area contributed by atoms with Gasteiger partial charge in [0.05, 0.1) is 0 Å². The van der Waals surface area contributed by atoms with Gasteiger partial charge in [-0.15, -0.1) is 0 Å². The minimum Gasteiger partial charge on any atom is -0.508 e. The zero-order chi connectivity index (χ0) is 16.5. The highest BCUT2D eigenvalue weighted by molar-refractivity contribution is 8.59. The molecule has 24 heavy (non-hydrogen) atoms. The van der Waals surface area contributed by atoms with Crippen LogP contribution in [0.25, 0.3) is 0 Å². The average Bonchev–Trinajstić information content (AvgIpc) is 2.35. The number of aromatic hydroxyl groups is 2. The molecule has 13 N–H and O–H groups in total. The summed E-state index contributed by atoms with van der Waals surface area (Å²) in [6.45, 7) is 3.97. The number of rotatable bonds is 0. The van der Waals surface area contributed by atoms with Crippen LogP contribution in [0.15, 0.2) is 48.5 Å². The standard InChI is InChI=1S/2C7H8O.3H3N.H3O2PS2/c2*1-6-2-4-7(8)5-3-6;;;;1-3(2,4)5/h2*2-5,8H,1H3;3*1H3;(H3,1,2,4,5). The summed E-state index contributed by atoms with van der Waals surface area (Å²) in [5.74, 6) is 0.659. The van der Waals surface area contributed by atoms with Crippen LogP contribution in [0.1, 0.15) is 11.1 Å². The molecule has 0 aromatic heterocycles. The largest absolute Gasteiger partial charge is 0.508 e. The Balaban J connectivity index is -0.000000121. The zero-order valence-corrected chi connectivity index (χ0v) is 16.4. The number of thiol groups is 1. The van der Waals surface area contributed by atoms with Crippen molar-refractivity contribution in [1.82, 2.24) is 18.5 Å². The van der Waals surface area contributed by atoms with E-state index in [9.17, 15) is 0 Å². The normalized spacial score (nSPS) is 8.54. The van der Waals surface area contributed by atoms with Gasteiger partial charge in [-0.05, 0) is 49.9 Å². The van der Waals surface area contributed by atoms with E-state index in [0.717, 1.165) is 0 Å². The molecule has 2 rings (SSSR count). The monoisotopic (exact) mass is 397 g/mol. The van der Waals surface area contributed by atoms with Gasteiger partial charge in [-0.2, -0.15) is 0 Å². The molecule has 0 heterocycles. The van der Waals surface area contributed by atoms with E-state index in [1.165, 1.54) is 11.1 Å². The van der Waals surface area contributed by atoms with Crippen LogP contribution in [0.3, 0.4) is 0 Å². The molecule has 2 aromatic carbocycles. The van der Waals surface area contributed by atoms with Crippen LogP contribution in [0, 0.1) is 13.8 Å². The lowest BCUT2D eigenvalue weighted by Gasteiger charge is -1.89. The van der Waals surface area contributed by atoms with Gasteiger partial charge in [0.15, 0.2) is 0 Å². The molecule has 0 aliphatic rings. The smallest absolute Gasteiger partial charge is 0.239 e. The van der Waals surface area contributed by atoms with Crippen LogP contribution in [0.4, 0.5) is 0 Å². The molecule has 0 unspecified atom stereocenters. The Morgan fingerprint density at radius 1 is 0.708 bits per heavy atom. The highest BCUT2D eigenvalue weighted by Crippen LogP contribution is 2.39. The van der Waals surface area contributed by atoms with Gasteiger partial charge in [-0.3, -0.25) is 0 Å². The van der Waals surface area contributed by atoms with Gasteiger partial charge in [0.25, 0.3) is 0 Å². The Morgan fingerprint density at radius 3 is 1.00 bits per heavy atom. The van der Waals surface area contributed by atoms with Gasteiger partial charge in [-0.1, -0.05) is 47.6 Å². The summed E-state index contributed by atoms with van der Waals surface area (Å²) in [5.41, 5.74) is -0.773. The van der Waals surface area contributed by atoms with Crippen LogP contribution in [0.5, 0.6) is 11.5 Å². The minimum atomic E-state index is -3.11. The lowest BCUT2D eigenvalue weighted by Crippen LogP contribution is -1.66. The molecule has 0 saturated carbocycles. The first-order chi connectivity index (χ1) is 9.58. The van der Waals surface area contributed by atoms with Crippen molar-refractivity contribution in [2.45, 2.75) is 13.8 Å². The van der Waals surface area contributed by atoms with Crippen molar-refractivity contribution in [3.05, 3.63) is 59.7 Å². The van der Waals surface area contributed by atoms with Crippen molar-refractivity contribution in [1.29, 1.82) is 0 Å². The molecule has 2 aromatic rings. The highest BCUT2D eigenvalue weighted by Gasteiger charge is 1.90. The first-order valence-electron chi connectivity index (χ1n) is 5.87. The zero-order valence-electron chi connectivity index (χ0n) is 13.8. The molecule has 0 aliphatic heterocycles. The lowest BCUT2D eigenvalue weighted by atomic mass is 10.2. The maximum absolute atomic E-state index is 8.76. The average molecular weight is 398 g/mol. The molecule has 0 atom stereocenters. The summed E-state index contributed by atoms with van der Waals surface area (Å²) in [4.78, 5) is 15.7. The Morgan fingerprint density at radius 2 is 0.875 bits per heavy atom. The molecule has 0 fully saturated rings. The van der Waals surface area contributed by atoms with E-state index in [0.29, 0.717) is 11.5 Å². The van der Waals surface area contributed by atoms with Crippen molar-refractivity contribution >= 4 is 29.7 Å². The molecule has 7 nitrogen and oxygen atoms in total. The van der Waals surface area contributed by atoms with E-state index in [1.807, 2.05) is 38.1 Å². The molecule has 0 spiro atoms. The summed E-state index contributed by atoms with van der Waals surface area (Å²) in [7, 11) is 0. The summed E-state index contributed by atoms with van der Waals surface area (Å²) in [6, 6.07) is 14.2. The summed E-state index contributed by atoms with van der Waals surface area (Å²) in [6.07, 6.45) is 0. The Bertz CT molecular complexity index is 484. The predicted molar refractivity (Wildman–Crippen MR) is 108 cm³/mol. The Hall–Kier alpha value is -1.16. The second-order valence-corrected chi connectivity index (χ2v) is 9.22. The summed E-state index contributed by atoms with van der Waals surface area (Å²) >= 11 is 7.07. The second-order valence-electron chi connectivity index (χ2n) is 4.18. The van der Waals surface area contributed by atoms with Gasteiger partial charge >= 0.3 is 0 Å². The number of phenols is 2. The molecule has 0 aliphatic carbocycles. The van der Waals surface area contributed by atoms with E-state index in [1.54, 1.807) is 24.3 Å².